The van der Waals surface area contributed by atoms with E-state index < -0.39 is 0 Å². The highest BCUT2D eigenvalue weighted by Gasteiger charge is 2.13. The molecule has 23 heavy (non-hydrogen) atoms. The molecule has 0 aliphatic heterocycles. The van der Waals surface area contributed by atoms with Gasteiger partial charge >= 0.3 is 0 Å². The van der Waals surface area contributed by atoms with Crippen molar-refractivity contribution in [1.29, 1.82) is 0 Å². The average molecular weight is 347 g/mol. The summed E-state index contributed by atoms with van der Waals surface area (Å²) in [6.07, 6.45) is 3.75. The summed E-state index contributed by atoms with van der Waals surface area (Å²) in [7, 11) is 1.94. The van der Waals surface area contributed by atoms with Crippen molar-refractivity contribution in [3.8, 4) is 10.6 Å². The molecule has 120 valence electrons. The van der Waals surface area contributed by atoms with Gasteiger partial charge in [-0.15, -0.1) is 11.3 Å². The fourth-order valence-corrected chi connectivity index (χ4v) is 3.57. The highest BCUT2D eigenvalue weighted by molar-refractivity contribution is 7.98. The third-order valence-electron chi connectivity index (χ3n) is 3.47. The first-order valence-electron chi connectivity index (χ1n) is 7.03. The zero-order valence-corrected chi connectivity index (χ0v) is 14.7. The van der Waals surface area contributed by atoms with Crippen LogP contribution in [0, 0.1) is 6.92 Å². The van der Waals surface area contributed by atoms with E-state index in [2.05, 4.69) is 27.4 Å². The summed E-state index contributed by atoms with van der Waals surface area (Å²) in [5.74, 6) is -0.201. The van der Waals surface area contributed by atoms with Gasteiger partial charge in [-0.25, -0.2) is 4.98 Å². The topological polar surface area (TPSA) is 75.6 Å². The number of thiophene rings is 1. The minimum absolute atomic E-state index is 0.201. The maximum absolute atomic E-state index is 12.2. The smallest absolute Gasteiger partial charge is 0.272 e. The molecule has 0 atom stereocenters. The molecule has 8 heteroatoms. The Labute approximate surface area is 142 Å². The van der Waals surface area contributed by atoms with E-state index in [0.717, 1.165) is 21.4 Å². The van der Waals surface area contributed by atoms with E-state index in [9.17, 15) is 4.79 Å². The average Bonchev–Trinajstić information content (AvgIpc) is 3.25. The van der Waals surface area contributed by atoms with E-state index in [1.54, 1.807) is 35.4 Å². The molecule has 2 N–H and O–H groups in total. The molecule has 3 aromatic rings. The Balaban J connectivity index is 1.67. The van der Waals surface area contributed by atoms with Crippen LogP contribution < -0.4 is 5.32 Å². The highest BCUT2D eigenvalue weighted by Crippen LogP contribution is 2.26. The van der Waals surface area contributed by atoms with Gasteiger partial charge in [0.05, 0.1) is 29.0 Å². The predicted octanol–water partition coefficient (Wildman–Crippen LogP) is 2.83. The number of hydrogen-bond donors (Lipinski definition) is 2. The maximum Gasteiger partial charge on any atom is 0.272 e. The van der Waals surface area contributed by atoms with Gasteiger partial charge in [0.2, 0.25) is 0 Å². The standard InChI is InChI=1S/C15H17N5OS2/c1-9-4-5-13(23-9)11-6-12(19-18-11)14(21)16-7-10-8-17-15(22-3)20(10)2/h4-6,8H,7H2,1-3H3,(H,16,21)(H,18,19). The monoisotopic (exact) mass is 347 g/mol. The molecule has 3 rings (SSSR count). The number of aromatic nitrogens is 4. The number of hydrogen-bond acceptors (Lipinski definition) is 5. The number of nitrogens with one attached hydrogen (secondary N) is 2. The van der Waals surface area contributed by atoms with Crippen LogP contribution in [-0.2, 0) is 13.6 Å². The van der Waals surface area contributed by atoms with Crippen LogP contribution in [-0.4, -0.2) is 31.9 Å². The minimum atomic E-state index is -0.201. The van der Waals surface area contributed by atoms with Crippen molar-refractivity contribution in [3.63, 3.8) is 0 Å². The lowest BCUT2D eigenvalue weighted by Gasteiger charge is -2.05. The molecular weight excluding hydrogens is 330 g/mol. The molecule has 0 aromatic carbocycles. The molecule has 0 spiro atoms. The summed E-state index contributed by atoms with van der Waals surface area (Å²) in [4.78, 5) is 18.8. The number of aromatic amines is 1. The first-order valence-corrected chi connectivity index (χ1v) is 9.07. The summed E-state index contributed by atoms with van der Waals surface area (Å²) in [5, 5.41) is 10.8. The van der Waals surface area contributed by atoms with Crippen molar-refractivity contribution in [2.45, 2.75) is 18.6 Å². The van der Waals surface area contributed by atoms with E-state index in [4.69, 9.17) is 0 Å². The van der Waals surface area contributed by atoms with Gasteiger partial charge in [0.25, 0.3) is 5.91 Å². The molecule has 3 heterocycles. The predicted molar refractivity (Wildman–Crippen MR) is 92.8 cm³/mol. The van der Waals surface area contributed by atoms with Gasteiger partial charge in [0, 0.05) is 11.9 Å². The molecule has 6 nitrogen and oxygen atoms in total. The number of amides is 1. The molecule has 1 amide bonds. The normalized spacial score (nSPS) is 10.9. The Kier molecular flexibility index (Phi) is 4.53. The van der Waals surface area contributed by atoms with Crippen LogP contribution in [0.15, 0.2) is 29.6 Å². The molecule has 0 unspecified atom stereocenters. The molecular formula is C15H17N5OS2. The number of carbonyl (C=O) groups excluding carboxylic acids is 1. The highest BCUT2D eigenvalue weighted by atomic mass is 32.2. The van der Waals surface area contributed by atoms with Gasteiger partial charge in [0.1, 0.15) is 0 Å². The van der Waals surface area contributed by atoms with E-state index in [1.165, 1.54) is 4.88 Å². The minimum Gasteiger partial charge on any atom is -0.345 e. The number of H-pyrrole nitrogens is 1. The lowest BCUT2D eigenvalue weighted by molar-refractivity contribution is 0.0945. The number of aryl methyl sites for hydroxylation is 1. The number of thioether (sulfide) groups is 1. The first-order chi connectivity index (χ1) is 11.1. The molecule has 0 fully saturated rings. The summed E-state index contributed by atoms with van der Waals surface area (Å²) < 4.78 is 1.97. The van der Waals surface area contributed by atoms with Gasteiger partial charge in [0.15, 0.2) is 10.9 Å². The second-order valence-electron chi connectivity index (χ2n) is 5.06. The third kappa shape index (κ3) is 3.32. The molecule has 0 radical (unpaired) electrons. The van der Waals surface area contributed by atoms with Crippen LogP contribution in [0.3, 0.4) is 0 Å². The Morgan fingerprint density at radius 1 is 1.48 bits per heavy atom. The van der Waals surface area contributed by atoms with E-state index >= 15 is 0 Å². The lowest BCUT2D eigenvalue weighted by Crippen LogP contribution is -2.24. The van der Waals surface area contributed by atoms with Crippen LogP contribution >= 0.6 is 23.1 Å². The van der Waals surface area contributed by atoms with Crippen LogP contribution in [0.1, 0.15) is 21.1 Å². The Morgan fingerprint density at radius 2 is 2.30 bits per heavy atom. The number of rotatable bonds is 5. The zero-order chi connectivity index (χ0) is 16.4. The van der Waals surface area contributed by atoms with Crippen molar-refractivity contribution in [2.75, 3.05) is 6.26 Å². The van der Waals surface area contributed by atoms with Crippen LogP contribution in [0.2, 0.25) is 0 Å². The Morgan fingerprint density at radius 3 is 2.96 bits per heavy atom. The molecule has 0 bridgehead atoms. The van der Waals surface area contributed by atoms with Crippen molar-refractivity contribution in [3.05, 3.63) is 40.7 Å². The summed E-state index contributed by atoms with van der Waals surface area (Å²) in [5.41, 5.74) is 2.20. The first kappa shape index (κ1) is 15.8. The number of carbonyl (C=O) groups is 1. The quantitative estimate of drug-likeness (QED) is 0.696. The summed E-state index contributed by atoms with van der Waals surface area (Å²) in [6.45, 7) is 2.47. The van der Waals surface area contributed by atoms with E-state index in [0.29, 0.717) is 12.2 Å². The van der Waals surface area contributed by atoms with Crippen LogP contribution in [0.5, 0.6) is 0 Å². The molecule has 0 saturated heterocycles. The summed E-state index contributed by atoms with van der Waals surface area (Å²) in [6, 6.07) is 5.85. The Hall–Kier alpha value is -2.06. The van der Waals surface area contributed by atoms with E-state index in [1.807, 2.05) is 30.0 Å². The largest absolute Gasteiger partial charge is 0.345 e. The summed E-state index contributed by atoms with van der Waals surface area (Å²) >= 11 is 3.24. The molecule has 0 aliphatic carbocycles. The van der Waals surface area contributed by atoms with Gasteiger partial charge in [-0.3, -0.25) is 9.89 Å². The van der Waals surface area contributed by atoms with Gasteiger partial charge in [-0.2, -0.15) is 5.10 Å². The zero-order valence-electron chi connectivity index (χ0n) is 13.1. The van der Waals surface area contributed by atoms with Crippen molar-refractivity contribution < 1.29 is 4.79 Å². The van der Waals surface area contributed by atoms with Gasteiger partial charge < -0.3 is 9.88 Å². The van der Waals surface area contributed by atoms with Gasteiger partial charge in [-0.05, 0) is 31.4 Å². The maximum atomic E-state index is 12.2. The van der Waals surface area contributed by atoms with Crippen molar-refractivity contribution in [1.82, 2.24) is 25.1 Å². The van der Waals surface area contributed by atoms with Crippen LogP contribution in [0.4, 0.5) is 0 Å². The number of nitrogens with zero attached hydrogens (tertiary/aromatic N) is 3. The number of imidazole rings is 1. The van der Waals surface area contributed by atoms with Crippen LogP contribution in [0.25, 0.3) is 10.6 Å². The SMILES string of the molecule is CSc1ncc(CNC(=O)c2cc(-c3ccc(C)s3)[nH]n2)n1C. The second-order valence-corrected chi connectivity index (χ2v) is 7.12. The molecule has 3 aromatic heterocycles. The molecule has 0 aliphatic rings. The fraction of sp³-hybridized carbons (Fsp3) is 0.267. The van der Waals surface area contributed by atoms with E-state index in [-0.39, 0.29) is 5.91 Å². The Bertz CT molecular complexity index is 833. The van der Waals surface area contributed by atoms with Gasteiger partial charge in [-0.1, -0.05) is 11.8 Å². The fourth-order valence-electron chi connectivity index (χ4n) is 2.18. The second kappa shape index (κ2) is 6.59. The van der Waals surface area contributed by atoms with Crippen molar-refractivity contribution >= 4 is 29.0 Å². The molecule has 0 saturated carbocycles. The lowest BCUT2D eigenvalue weighted by atomic mass is 10.3. The third-order valence-corrected chi connectivity index (χ3v) is 5.25. The van der Waals surface area contributed by atoms with Crippen molar-refractivity contribution in [2.24, 2.45) is 7.05 Å².